The van der Waals surface area contributed by atoms with Crippen molar-refractivity contribution >= 4 is 11.7 Å². The second-order valence-corrected chi connectivity index (χ2v) is 6.57. The summed E-state index contributed by atoms with van der Waals surface area (Å²) in [6.07, 6.45) is 3.17. The van der Waals surface area contributed by atoms with Gasteiger partial charge in [0.2, 0.25) is 5.91 Å². The second-order valence-electron chi connectivity index (χ2n) is 6.57. The number of nitrogens with two attached hydrogens (primary N) is 1. The lowest BCUT2D eigenvalue weighted by Crippen LogP contribution is -2.61. The second kappa shape index (κ2) is 5.24. The number of carbonyl (C=O) groups is 1. The van der Waals surface area contributed by atoms with Crippen LogP contribution in [0.25, 0.3) is 0 Å². The van der Waals surface area contributed by atoms with Crippen LogP contribution in [0.15, 0.2) is 5.16 Å². The molecule has 0 aromatic carbocycles. The van der Waals surface area contributed by atoms with E-state index in [0.29, 0.717) is 31.8 Å². The highest BCUT2D eigenvalue weighted by Gasteiger charge is 2.54. The summed E-state index contributed by atoms with van der Waals surface area (Å²) >= 11 is 0. The van der Waals surface area contributed by atoms with Gasteiger partial charge in [0.15, 0.2) is 5.84 Å². The molecule has 114 valence electrons. The van der Waals surface area contributed by atoms with E-state index < -0.39 is 5.41 Å². The van der Waals surface area contributed by atoms with Gasteiger partial charge in [0.1, 0.15) is 5.41 Å². The Hall–Kier alpha value is -1.30. The fourth-order valence-electron chi connectivity index (χ4n) is 3.57. The van der Waals surface area contributed by atoms with Gasteiger partial charge in [-0.15, -0.1) is 0 Å². The van der Waals surface area contributed by atoms with E-state index in [0.717, 1.165) is 12.8 Å². The zero-order valence-corrected chi connectivity index (χ0v) is 12.6. The van der Waals surface area contributed by atoms with Gasteiger partial charge in [-0.3, -0.25) is 4.79 Å². The molecule has 2 rings (SSSR count). The Balaban J connectivity index is 2.17. The lowest BCUT2D eigenvalue weighted by atomic mass is 9.61. The molecule has 6 heteroatoms. The van der Waals surface area contributed by atoms with Crippen molar-refractivity contribution in [2.24, 2.45) is 22.2 Å². The van der Waals surface area contributed by atoms with Crippen LogP contribution in [0.4, 0.5) is 0 Å². The molecular weight excluding hydrogens is 258 g/mol. The number of piperidine rings is 1. The molecule has 6 nitrogen and oxygen atoms in total. The van der Waals surface area contributed by atoms with Crippen LogP contribution in [-0.2, 0) is 9.53 Å². The largest absolute Gasteiger partial charge is 0.409 e. The minimum atomic E-state index is -0.805. The summed E-state index contributed by atoms with van der Waals surface area (Å²) in [6, 6.07) is 0. The highest BCUT2D eigenvalue weighted by atomic mass is 16.5. The molecule has 0 bridgehead atoms. The van der Waals surface area contributed by atoms with Gasteiger partial charge in [0.25, 0.3) is 0 Å². The Morgan fingerprint density at radius 3 is 2.65 bits per heavy atom. The SMILES string of the molecule is COC1(C)CCCN(C(=O)C2(C(N)=NO)CC(C)C2)C1. The van der Waals surface area contributed by atoms with Crippen molar-refractivity contribution in [3.05, 3.63) is 0 Å². The van der Waals surface area contributed by atoms with Gasteiger partial charge in [0, 0.05) is 20.2 Å². The van der Waals surface area contributed by atoms with Gasteiger partial charge >= 0.3 is 0 Å². The summed E-state index contributed by atoms with van der Waals surface area (Å²) in [5.41, 5.74) is 4.70. The van der Waals surface area contributed by atoms with Crippen LogP contribution >= 0.6 is 0 Å². The summed E-state index contributed by atoms with van der Waals surface area (Å²) in [4.78, 5) is 14.7. The molecule has 1 unspecified atom stereocenters. The minimum absolute atomic E-state index is 0.0196. The van der Waals surface area contributed by atoms with E-state index in [9.17, 15) is 4.79 Å². The van der Waals surface area contributed by atoms with Crippen LogP contribution in [0.1, 0.15) is 39.5 Å². The lowest BCUT2D eigenvalue weighted by Gasteiger charge is -2.49. The monoisotopic (exact) mass is 283 g/mol. The molecular formula is C14H25N3O3. The first kappa shape index (κ1) is 15.1. The van der Waals surface area contributed by atoms with Gasteiger partial charge in [-0.1, -0.05) is 12.1 Å². The van der Waals surface area contributed by atoms with Gasteiger partial charge in [-0.05, 0) is 38.5 Å². The third-order valence-electron chi connectivity index (χ3n) is 4.84. The number of methoxy groups -OCH3 is 1. The molecule has 1 aliphatic heterocycles. The molecule has 0 radical (unpaired) electrons. The number of hydrogen-bond donors (Lipinski definition) is 2. The van der Waals surface area contributed by atoms with E-state index in [1.165, 1.54) is 0 Å². The van der Waals surface area contributed by atoms with Crippen LogP contribution in [0.2, 0.25) is 0 Å². The van der Waals surface area contributed by atoms with Gasteiger partial charge in [-0.2, -0.15) is 0 Å². The number of nitrogens with zero attached hydrogens (tertiary/aromatic N) is 2. The van der Waals surface area contributed by atoms with E-state index in [-0.39, 0.29) is 17.3 Å². The molecule has 1 aliphatic carbocycles. The third-order valence-corrected chi connectivity index (χ3v) is 4.84. The van der Waals surface area contributed by atoms with Gasteiger partial charge < -0.3 is 20.6 Å². The number of hydrogen-bond acceptors (Lipinski definition) is 4. The number of carbonyl (C=O) groups excluding carboxylic acids is 1. The summed E-state index contributed by atoms with van der Waals surface area (Å²) in [7, 11) is 1.68. The van der Waals surface area contributed by atoms with Crippen LogP contribution < -0.4 is 5.73 Å². The average molecular weight is 283 g/mol. The van der Waals surface area contributed by atoms with Crippen LogP contribution in [0.3, 0.4) is 0 Å². The summed E-state index contributed by atoms with van der Waals surface area (Å²) in [5, 5.41) is 12.1. The first-order chi connectivity index (χ1) is 9.37. The Labute approximate surface area is 119 Å². The van der Waals surface area contributed by atoms with Crippen LogP contribution in [0, 0.1) is 11.3 Å². The number of amidine groups is 1. The Kier molecular flexibility index (Phi) is 3.95. The first-order valence-electron chi connectivity index (χ1n) is 7.19. The standard InChI is InChI=1S/C14H25N3O3/c1-10-7-14(8-10,11(15)16-19)12(18)17-6-4-5-13(2,9-17)20-3/h10,19H,4-9H2,1-3H3,(H2,15,16). The van der Waals surface area contributed by atoms with E-state index in [2.05, 4.69) is 12.1 Å². The fourth-order valence-corrected chi connectivity index (χ4v) is 3.57. The smallest absolute Gasteiger partial charge is 0.236 e. The zero-order valence-electron chi connectivity index (χ0n) is 12.6. The molecule has 3 N–H and O–H groups in total. The number of rotatable bonds is 3. The van der Waals surface area contributed by atoms with Gasteiger partial charge in [0.05, 0.1) is 5.60 Å². The van der Waals surface area contributed by atoms with E-state index in [1.807, 2.05) is 11.8 Å². The summed E-state index contributed by atoms with van der Waals surface area (Å²) in [6.45, 7) is 5.38. The molecule has 1 atom stereocenters. The summed E-state index contributed by atoms with van der Waals surface area (Å²) in [5.74, 6) is 0.456. The molecule has 0 aromatic rings. The van der Waals surface area contributed by atoms with Crippen molar-refractivity contribution < 1.29 is 14.7 Å². The van der Waals surface area contributed by atoms with Crippen molar-refractivity contribution in [2.75, 3.05) is 20.2 Å². The lowest BCUT2D eigenvalue weighted by molar-refractivity contribution is -0.152. The number of likely N-dealkylation sites (tertiary alicyclic amines) is 1. The van der Waals surface area contributed by atoms with Crippen molar-refractivity contribution in [1.82, 2.24) is 4.90 Å². The minimum Gasteiger partial charge on any atom is -0.409 e. The predicted molar refractivity (Wildman–Crippen MR) is 75.5 cm³/mol. The van der Waals surface area contributed by atoms with Gasteiger partial charge in [-0.25, -0.2) is 0 Å². The summed E-state index contributed by atoms with van der Waals surface area (Å²) < 4.78 is 5.53. The van der Waals surface area contributed by atoms with E-state index in [4.69, 9.17) is 15.7 Å². The predicted octanol–water partition coefficient (Wildman–Crippen LogP) is 1.18. The molecule has 2 fully saturated rings. The Morgan fingerprint density at radius 2 is 2.15 bits per heavy atom. The molecule has 1 amide bonds. The molecule has 1 saturated heterocycles. The van der Waals surface area contributed by atoms with E-state index >= 15 is 0 Å². The molecule has 0 aromatic heterocycles. The maximum atomic E-state index is 12.9. The van der Waals surface area contributed by atoms with Crippen molar-refractivity contribution in [2.45, 2.75) is 45.1 Å². The highest BCUT2D eigenvalue weighted by Crippen LogP contribution is 2.47. The highest BCUT2D eigenvalue weighted by molar-refractivity contribution is 6.07. The number of oxime groups is 1. The van der Waals surface area contributed by atoms with Crippen molar-refractivity contribution in [1.29, 1.82) is 0 Å². The topological polar surface area (TPSA) is 88.2 Å². The number of ether oxygens (including phenoxy) is 1. The molecule has 1 heterocycles. The maximum absolute atomic E-state index is 12.9. The number of amides is 1. The normalized spacial score (nSPS) is 38.5. The average Bonchev–Trinajstić information content (AvgIpc) is 2.42. The van der Waals surface area contributed by atoms with Crippen LogP contribution in [0.5, 0.6) is 0 Å². The quantitative estimate of drug-likeness (QED) is 0.352. The van der Waals surface area contributed by atoms with E-state index in [1.54, 1.807) is 7.11 Å². The van der Waals surface area contributed by atoms with Crippen molar-refractivity contribution in [3.63, 3.8) is 0 Å². The maximum Gasteiger partial charge on any atom is 0.236 e. The molecule has 20 heavy (non-hydrogen) atoms. The third kappa shape index (κ3) is 2.37. The Morgan fingerprint density at radius 1 is 1.50 bits per heavy atom. The zero-order chi connectivity index (χ0) is 15.0. The molecule has 0 spiro atoms. The molecule has 2 aliphatic rings. The first-order valence-corrected chi connectivity index (χ1v) is 7.19. The Bertz CT molecular complexity index is 418. The molecule has 1 saturated carbocycles. The van der Waals surface area contributed by atoms with Crippen LogP contribution in [-0.4, -0.2) is 47.7 Å². The fraction of sp³-hybridized carbons (Fsp3) is 0.857. The van der Waals surface area contributed by atoms with Crippen molar-refractivity contribution in [3.8, 4) is 0 Å².